The van der Waals surface area contributed by atoms with Gasteiger partial charge in [0.25, 0.3) is 0 Å². The molecule has 0 spiro atoms. The van der Waals surface area contributed by atoms with E-state index in [0.717, 1.165) is 19.6 Å². The van der Waals surface area contributed by atoms with Crippen molar-refractivity contribution in [2.24, 2.45) is 7.05 Å². The second-order valence-corrected chi connectivity index (χ2v) is 5.98. The fraction of sp³-hybridized carbons (Fsp3) is 0.500. The molecule has 6 heteroatoms. The van der Waals surface area contributed by atoms with Crippen molar-refractivity contribution in [3.8, 4) is 0 Å². The van der Waals surface area contributed by atoms with Crippen molar-refractivity contribution in [3.05, 3.63) is 29.0 Å². The Kier molecular flexibility index (Phi) is 3.05. The van der Waals surface area contributed by atoms with Gasteiger partial charge in [0.2, 0.25) is 0 Å². The Morgan fingerprint density at radius 3 is 3.06 bits per heavy atom. The number of hydrogen-bond donors (Lipinski definition) is 1. The maximum Gasteiger partial charge on any atom is 0.180 e. The second kappa shape index (κ2) is 4.70. The SMILES string of the molecule is Cn1cc(C2CCN(Cc3cnc(N)s3)C2)cn1. The van der Waals surface area contributed by atoms with Crippen molar-refractivity contribution in [3.63, 3.8) is 0 Å². The zero-order chi connectivity index (χ0) is 12.5. The quantitative estimate of drug-likeness (QED) is 0.910. The van der Waals surface area contributed by atoms with Crippen LogP contribution in [0.1, 0.15) is 22.8 Å². The largest absolute Gasteiger partial charge is 0.375 e. The highest BCUT2D eigenvalue weighted by molar-refractivity contribution is 7.15. The third-order valence-electron chi connectivity index (χ3n) is 3.42. The van der Waals surface area contributed by atoms with E-state index in [0.29, 0.717) is 11.0 Å². The Labute approximate surface area is 110 Å². The van der Waals surface area contributed by atoms with Crippen LogP contribution in [0.2, 0.25) is 0 Å². The van der Waals surface area contributed by atoms with Gasteiger partial charge < -0.3 is 5.73 Å². The van der Waals surface area contributed by atoms with Crippen molar-refractivity contribution < 1.29 is 0 Å². The molecule has 0 saturated carbocycles. The van der Waals surface area contributed by atoms with Gasteiger partial charge in [-0.05, 0) is 18.5 Å². The molecule has 18 heavy (non-hydrogen) atoms. The first kappa shape index (κ1) is 11.7. The predicted molar refractivity (Wildman–Crippen MR) is 72.4 cm³/mol. The van der Waals surface area contributed by atoms with E-state index < -0.39 is 0 Å². The Morgan fingerprint density at radius 2 is 2.39 bits per heavy atom. The normalized spacial score (nSPS) is 20.6. The molecule has 1 aliphatic rings. The molecule has 0 aromatic carbocycles. The number of nitrogens with zero attached hydrogens (tertiary/aromatic N) is 4. The first-order chi connectivity index (χ1) is 8.70. The topological polar surface area (TPSA) is 60.0 Å². The van der Waals surface area contributed by atoms with Crippen LogP contribution in [-0.2, 0) is 13.6 Å². The van der Waals surface area contributed by atoms with Crippen LogP contribution in [0.25, 0.3) is 0 Å². The number of likely N-dealkylation sites (tertiary alicyclic amines) is 1. The lowest BCUT2D eigenvalue weighted by atomic mass is 10.0. The smallest absolute Gasteiger partial charge is 0.180 e. The lowest BCUT2D eigenvalue weighted by Crippen LogP contribution is -2.19. The monoisotopic (exact) mass is 263 g/mol. The number of aromatic nitrogens is 3. The molecule has 3 heterocycles. The van der Waals surface area contributed by atoms with Crippen LogP contribution in [0.15, 0.2) is 18.6 Å². The lowest BCUT2D eigenvalue weighted by Gasteiger charge is -2.13. The summed E-state index contributed by atoms with van der Waals surface area (Å²) >= 11 is 1.58. The summed E-state index contributed by atoms with van der Waals surface area (Å²) in [6.45, 7) is 3.20. The summed E-state index contributed by atoms with van der Waals surface area (Å²) in [5.74, 6) is 0.615. The van der Waals surface area contributed by atoms with Gasteiger partial charge in [0.05, 0.1) is 6.20 Å². The van der Waals surface area contributed by atoms with Gasteiger partial charge in [0.1, 0.15) is 0 Å². The molecule has 96 valence electrons. The van der Waals surface area contributed by atoms with Crippen LogP contribution >= 0.6 is 11.3 Å². The van der Waals surface area contributed by atoms with Gasteiger partial charge in [0, 0.05) is 43.3 Å². The Bertz CT molecular complexity index is 532. The zero-order valence-electron chi connectivity index (χ0n) is 10.4. The summed E-state index contributed by atoms with van der Waals surface area (Å²) in [7, 11) is 1.97. The highest BCUT2D eigenvalue weighted by Gasteiger charge is 2.25. The van der Waals surface area contributed by atoms with E-state index in [4.69, 9.17) is 5.73 Å². The summed E-state index contributed by atoms with van der Waals surface area (Å²) < 4.78 is 1.88. The van der Waals surface area contributed by atoms with Crippen LogP contribution < -0.4 is 5.73 Å². The van der Waals surface area contributed by atoms with Gasteiger partial charge in [0.15, 0.2) is 5.13 Å². The standard InChI is InChI=1S/C12H17N5S/c1-16-6-10(4-15-16)9-2-3-17(7-9)8-11-5-14-12(13)18-11/h4-6,9H,2-3,7-8H2,1H3,(H2,13,14). The lowest BCUT2D eigenvalue weighted by molar-refractivity contribution is 0.329. The molecule has 2 aromatic heterocycles. The first-order valence-electron chi connectivity index (χ1n) is 6.12. The summed E-state index contributed by atoms with van der Waals surface area (Å²) in [6, 6.07) is 0. The minimum Gasteiger partial charge on any atom is -0.375 e. The van der Waals surface area contributed by atoms with Crippen molar-refractivity contribution in [2.45, 2.75) is 18.9 Å². The highest BCUT2D eigenvalue weighted by Crippen LogP contribution is 2.28. The molecule has 1 fully saturated rings. The number of nitrogens with two attached hydrogens (primary N) is 1. The Morgan fingerprint density at radius 1 is 1.50 bits per heavy atom. The molecule has 0 aliphatic carbocycles. The van der Waals surface area contributed by atoms with E-state index in [2.05, 4.69) is 21.2 Å². The van der Waals surface area contributed by atoms with Crippen molar-refractivity contribution in [1.82, 2.24) is 19.7 Å². The van der Waals surface area contributed by atoms with Crippen molar-refractivity contribution in [2.75, 3.05) is 18.8 Å². The van der Waals surface area contributed by atoms with Gasteiger partial charge >= 0.3 is 0 Å². The van der Waals surface area contributed by atoms with E-state index in [1.54, 1.807) is 11.3 Å². The number of anilines is 1. The number of thiazole rings is 1. The molecular weight excluding hydrogens is 246 g/mol. The maximum atomic E-state index is 5.65. The Balaban J connectivity index is 1.61. The molecule has 5 nitrogen and oxygen atoms in total. The summed E-state index contributed by atoms with van der Waals surface area (Å²) in [6.07, 6.45) is 7.20. The van der Waals surface area contributed by atoms with Crippen LogP contribution in [0.3, 0.4) is 0 Å². The molecule has 1 aliphatic heterocycles. The average molecular weight is 263 g/mol. The van der Waals surface area contributed by atoms with E-state index >= 15 is 0 Å². The summed E-state index contributed by atoms with van der Waals surface area (Å²) in [5, 5.41) is 4.91. The van der Waals surface area contributed by atoms with Crippen molar-refractivity contribution >= 4 is 16.5 Å². The van der Waals surface area contributed by atoms with E-state index in [9.17, 15) is 0 Å². The number of hydrogen-bond acceptors (Lipinski definition) is 5. The molecular formula is C12H17N5S. The average Bonchev–Trinajstić information content (AvgIpc) is 3.01. The van der Waals surface area contributed by atoms with Gasteiger partial charge in [-0.1, -0.05) is 0 Å². The molecule has 1 saturated heterocycles. The first-order valence-corrected chi connectivity index (χ1v) is 6.93. The number of nitrogen functional groups attached to an aromatic ring is 1. The molecule has 0 radical (unpaired) electrons. The fourth-order valence-corrected chi connectivity index (χ4v) is 3.24. The molecule has 0 bridgehead atoms. The molecule has 2 N–H and O–H groups in total. The number of rotatable bonds is 3. The van der Waals surface area contributed by atoms with Crippen LogP contribution in [0, 0.1) is 0 Å². The van der Waals surface area contributed by atoms with Gasteiger partial charge in [-0.2, -0.15) is 5.10 Å². The minimum absolute atomic E-state index is 0.615. The van der Waals surface area contributed by atoms with E-state index in [-0.39, 0.29) is 0 Å². The number of aryl methyl sites for hydroxylation is 1. The minimum atomic E-state index is 0.615. The molecule has 2 aromatic rings. The Hall–Kier alpha value is -1.40. The molecule has 0 amide bonds. The van der Waals surface area contributed by atoms with Crippen LogP contribution in [0.5, 0.6) is 0 Å². The molecule has 1 unspecified atom stereocenters. The van der Waals surface area contributed by atoms with Gasteiger partial charge in [-0.25, -0.2) is 4.98 Å². The van der Waals surface area contributed by atoms with Gasteiger partial charge in [-0.15, -0.1) is 11.3 Å². The van der Waals surface area contributed by atoms with E-state index in [1.165, 1.54) is 16.9 Å². The third-order valence-corrected chi connectivity index (χ3v) is 4.23. The second-order valence-electron chi connectivity index (χ2n) is 4.83. The van der Waals surface area contributed by atoms with Crippen molar-refractivity contribution in [1.29, 1.82) is 0 Å². The zero-order valence-corrected chi connectivity index (χ0v) is 11.2. The van der Waals surface area contributed by atoms with Crippen LogP contribution in [0.4, 0.5) is 5.13 Å². The maximum absolute atomic E-state index is 5.65. The predicted octanol–water partition coefficient (Wildman–Crippen LogP) is 1.45. The highest BCUT2D eigenvalue weighted by atomic mass is 32.1. The third kappa shape index (κ3) is 2.39. The summed E-state index contributed by atoms with van der Waals surface area (Å²) in [5.41, 5.74) is 7.00. The van der Waals surface area contributed by atoms with E-state index in [1.807, 2.05) is 24.1 Å². The molecule has 3 rings (SSSR count). The fourth-order valence-electron chi connectivity index (χ4n) is 2.52. The van der Waals surface area contributed by atoms with Gasteiger partial charge in [-0.3, -0.25) is 9.58 Å². The summed E-state index contributed by atoms with van der Waals surface area (Å²) in [4.78, 5) is 7.81. The molecule has 1 atom stereocenters. The van der Waals surface area contributed by atoms with Crippen LogP contribution in [-0.4, -0.2) is 32.8 Å².